The van der Waals surface area contributed by atoms with Gasteiger partial charge in [-0.25, -0.2) is 4.79 Å². The summed E-state index contributed by atoms with van der Waals surface area (Å²) in [5, 5.41) is 21.7. The lowest BCUT2D eigenvalue weighted by atomic mass is 10.2. The number of nitro benzene ring substituents is 1. The minimum atomic E-state index is -1.07. The average Bonchev–Trinajstić information content (AvgIpc) is 3.00. The second-order valence-corrected chi connectivity index (χ2v) is 4.57. The van der Waals surface area contributed by atoms with Crippen LogP contribution < -0.4 is 11.1 Å². The number of amides is 3. The Labute approximate surface area is 135 Å². The van der Waals surface area contributed by atoms with Gasteiger partial charge in [0.25, 0.3) is 11.6 Å². The molecule has 24 heavy (non-hydrogen) atoms. The summed E-state index contributed by atoms with van der Waals surface area (Å²) in [6, 6.07) is 9.71. The van der Waals surface area contributed by atoms with Gasteiger partial charge in [0.2, 0.25) is 0 Å². The molecule has 2 aromatic rings. The lowest BCUT2D eigenvalue weighted by molar-refractivity contribution is -0.384. The summed E-state index contributed by atoms with van der Waals surface area (Å²) in [6.07, 6.45) is 2.86. The average molecular weight is 325 g/mol. The summed E-state index contributed by atoms with van der Waals surface area (Å²) in [4.78, 5) is 32.8. The Bertz CT molecular complexity index is 891. The van der Waals surface area contributed by atoms with E-state index in [9.17, 15) is 19.7 Å². The Morgan fingerprint density at radius 2 is 2.08 bits per heavy atom. The molecule has 1 aromatic carbocycles. The summed E-state index contributed by atoms with van der Waals surface area (Å²) >= 11 is 0. The molecular formula is C15H11N5O4. The molecule has 2 rings (SSSR count). The van der Waals surface area contributed by atoms with Gasteiger partial charge in [0.05, 0.1) is 10.6 Å². The molecule has 120 valence electrons. The third-order valence-electron chi connectivity index (χ3n) is 2.99. The van der Waals surface area contributed by atoms with Crippen LogP contribution in [0.4, 0.5) is 10.5 Å². The van der Waals surface area contributed by atoms with Crippen LogP contribution in [-0.2, 0) is 4.79 Å². The summed E-state index contributed by atoms with van der Waals surface area (Å²) < 4.78 is 1.56. The van der Waals surface area contributed by atoms with Crippen molar-refractivity contribution in [3.05, 3.63) is 64.0 Å². The van der Waals surface area contributed by atoms with Crippen LogP contribution in [0.15, 0.2) is 48.2 Å². The number of nitrogens with two attached hydrogens (primary N) is 1. The van der Waals surface area contributed by atoms with Gasteiger partial charge in [-0.1, -0.05) is 6.07 Å². The third kappa shape index (κ3) is 3.63. The molecule has 0 bridgehead atoms. The molecule has 0 aliphatic rings. The van der Waals surface area contributed by atoms with Crippen LogP contribution in [0.1, 0.15) is 5.69 Å². The van der Waals surface area contributed by atoms with E-state index in [1.165, 1.54) is 24.3 Å². The molecule has 1 heterocycles. The number of urea groups is 1. The first kappa shape index (κ1) is 16.4. The zero-order valence-corrected chi connectivity index (χ0v) is 12.2. The highest BCUT2D eigenvalue weighted by molar-refractivity contribution is 6.08. The highest BCUT2D eigenvalue weighted by atomic mass is 16.6. The SMILES string of the molecule is N#C/C(=C/c1cccn1-c1cccc([N+](=O)[O-])c1)C(=O)NC(N)=O. The minimum absolute atomic E-state index is 0.0943. The molecule has 0 aliphatic carbocycles. The number of imide groups is 1. The van der Waals surface area contributed by atoms with Crippen LogP contribution in [0.3, 0.4) is 0 Å². The Morgan fingerprint density at radius 3 is 2.71 bits per heavy atom. The Hall–Kier alpha value is -3.93. The molecule has 0 spiro atoms. The number of carbonyl (C=O) groups is 2. The quantitative estimate of drug-likeness (QED) is 0.378. The fourth-order valence-corrected chi connectivity index (χ4v) is 1.98. The number of aromatic nitrogens is 1. The highest BCUT2D eigenvalue weighted by Gasteiger charge is 2.13. The van der Waals surface area contributed by atoms with Crippen molar-refractivity contribution in [3.63, 3.8) is 0 Å². The van der Waals surface area contributed by atoms with E-state index < -0.39 is 16.9 Å². The predicted molar refractivity (Wildman–Crippen MR) is 83.7 cm³/mol. The number of hydrogen-bond donors (Lipinski definition) is 2. The highest BCUT2D eigenvalue weighted by Crippen LogP contribution is 2.20. The van der Waals surface area contributed by atoms with Gasteiger partial charge in [0, 0.05) is 24.0 Å². The number of rotatable bonds is 4. The topological polar surface area (TPSA) is 144 Å². The van der Waals surface area contributed by atoms with Crippen LogP contribution in [0.25, 0.3) is 11.8 Å². The predicted octanol–water partition coefficient (Wildman–Crippen LogP) is 1.49. The molecule has 1 aromatic heterocycles. The monoisotopic (exact) mass is 325 g/mol. The van der Waals surface area contributed by atoms with Gasteiger partial charge in [0.1, 0.15) is 11.6 Å². The van der Waals surface area contributed by atoms with E-state index >= 15 is 0 Å². The molecule has 9 heteroatoms. The number of nitriles is 1. The lowest BCUT2D eigenvalue weighted by Crippen LogP contribution is -2.35. The maximum absolute atomic E-state index is 11.7. The Kier molecular flexibility index (Phi) is 4.72. The van der Waals surface area contributed by atoms with E-state index in [4.69, 9.17) is 11.0 Å². The number of benzene rings is 1. The second kappa shape index (κ2) is 6.89. The molecule has 0 fully saturated rings. The van der Waals surface area contributed by atoms with E-state index in [2.05, 4.69) is 0 Å². The molecule has 9 nitrogen and oxygen atoms in total. The van der Waals surface area contributed by atoms with Crippen molar-refractivity contribution in [1.82, 2.24) is 9.88 Å². The van der Waals surface area contributed by atoms with Gasteiger partial charge >= 0.3 is 6.03 Å². The molecule has 0 saturated carbocycles. The fraction of sp³-hybridized carbons (Fsp3) is 0. The van der Waals surface area contributed by atoms with Crippen molar-refractivity contribution in [2.45, 2.75) is 0 Å². The molecule has 3 N–H and O–H groups in total. The van der Waals surface area contributed by atoms with E-state index in [0.717, 1.165) is 0 Å². The summed E-state index contributed by atoms with van der Waals surface area (Å²) in [7, 11) is 0. The van der Waals surface area contributed by atoms with Crippen LogP contribution >= 0.6 is 0 Å². The van der Waals surface area contributed by atoms with Crippen LogP contribution in [0, 0.1) is 21.4 Å². The number of primary amides is 1. The molecule has 0 radical (unpaired) electrons. The first-order chi connectivity index (χ1) is 11.4. The molecule has 0 aliphatic heterocycles. The Morgan fingerprint density at radius 1 is 1.33 bits per heavy atom. The van der Waals surface area contributed by atoms with Gasteiger partial charge < -0.3 is 10.3 Å². The fourth-order valence-electron chi connectivity index (χ4n) is 1.98. The smallest absolute Gasteiger partial charge is 0.319 e. The van der Waals surface area contributed by atoms with Crippen molar-refractivity contribution >= 4 is 23.7 Å². The molecule has 0 unspecified atom stereocenters. The zero-order valence-electron chi connectivity index (χ0n) is 12.2. The van der Waals surface area contributed by atoms with Crippen molar-refractivity contribution in [1.29, 1.82) is 5.26 Å². The summed E-state index contributed by atoms with van der Waals surface area (Å²) in [6.45, 7) is 0. The van der Waals surface area contributed by atoms with Crippen molar-refractivity contribution in [2.24, 2.45) is 5.73 Å². The maximum atomic E-state index is 11.7. The first-order valence-corrected chi connectivity index (χ1v) is 6.57. The number of nitro groups is 1. The van der Waals surface area contributed by atoms with E-state index in [1.807, 2.05) is 0 Å². The number of non-ortho nitro benzene ring substituents is 1. The lowest BCUT2D eigenvalue weighted by Gasteiger charge is -2.07. The van der Waals surface area contributed by atoms with Crippen molar-refractivity contribution in [2.75, 3.05) is 0 Å². The van der Waals surface area contributed by atoms with Gasteiger partial charge in [-0.05, 0) is 24.3 Å². The zero-order chi connectivity index (χ0) is 17.7. The number of hydrogen-bond acceptors (Lipinski definition) is 5. The number of nitrogens with one attached hydrogen (secondary N) is 1. The Balaban J connectivity index is 2.43. The molecular weight excluding hydrogens is 314 g/mol. The minimum Gasteiger partial charge on any atom is -0.351 e. The first-order valence-electron chi connectivity index (χ1n) is 6.57. The molecule has 0 saturated heterocycles. The van der Waals surface area contributed by atoms with E-state index in [-0.39, 0.29) is 11.3 Å². The van der Waals surface area contributed by atoms with E-state index in [1.54, 1.807) is 40.3 Å². The van der Waals surface area contributed by atoms with Crippen molar-refractivity contribution in [3.8, 4) is 11.8 Å². The number of carbonyl (C=O) groups excluding carboxylic acids is 2. The molecule has 0 atom stereocenters. The van der Waals surface area contributed by atoms with Gasteiger partial charge in [-0.15, -0.1) is 0 Å². The van der Waals surface area contributed by atoms with Crippen molar-refractivity contribution < 1.29 is 14.5 Å². The van der Waals surface area contributed by atoms with Gasteiger partial charge in [-0.2, -0.15) is 5.26 Å². The third-order valence-corrected chi connectivity index (χ3v) is 2.99. The summed E-state index contributed by atoms with van der Waals surface area (Å²) in [5.74, 6) is -0.934. The van der Waals surface area contributed by atoms with Crippen LogP contribution in [0.5, 0.6) is 0 Å². The maximum Gasteiger partial charge on any atom is 0.319 e. The van der Waals surface area contributed by atoms with Crippen LogP contribution in [-0.4, -0.2) is 21.4 Å². The standard InChI is InChI=1S/C15H11N5O4/c16-9-10(14(21)18-15(17)22)7-11-5-2-6-19(11)12-3-1-4-13(8-12)20(23)24/h1-8H,(H3,17,18,21,22)/b10-7-. The normalized spacial score (nSPS) is 10.7. The summed E-state index contributed by atoms with van der Waals surface area (Å²) in [5.41, 5.74) is 5.32. The van der Waals surface area contributed by atoms with E-state index in [0.29, 0.717) is 11.4 Å². The van der Waals surface area contributed by atoms with Crippen LogP contribution in [0.2, 0.25) is 0 Å². The second-order valence-electron chi connectivity index (χ2n) is 4.57. The largest absolute Gasteiger partial charge is 0.351 e. The van der Waals surface area contributed by atoms with Gasteiger partial charge in [0.15, 0.2) is 0 Å². The van der Waals surface area contributed by atoms with Gasteiger partial charge in [-0.3, -0.25) is 20.2 Å². The number of nitrogens with zero attached hydrogens (tertiary/aromatic N) is 3. The molecule has 3 amide bonds.